The van der Waals surface area contributed by atoms with Gasteiger partial charge in [-0.1, -0.05) is 13.3 Å². The smallest absolute Gasteiger partial charge is 0.326 e. The van der Waals surface area contributed by atoms with Crippen molar-refractivity contribution in [1.29, 1.82) is 0 Å². The summed E-state index contributed by atoms with van der Waals surface area (Å²) in [4.78, 5) is 22.9. The molecule has 19 heavy (non-hydrogen) atoms. The number of fused-ring (bicyclic) bond motifs is 1. The van der Waals surface area contributed by atoms with Gasteiger partial charge < -0.3 is 19.9 Å². The van der Waals surface area contributed by atoms with Gasteiger partial charge in [0, 0.05) is 5.56 Å². The lowest BCUT2D eigenvalue weighted by Crippen LogP contribution is -2.40. The van der Waals surface area contributed by atoms with E-state index in [4.69, 9.17) is 14.6 Å². The molecule has 0 spiro atoms. The number of ether oxygens (including phenoxy) is 2. The van der Waals surface area contributed by atoms with Crippen LogP contribution in [0.1, 0.15) is 30.1 Å². The summed E-state index contributed by atoms with van der Waals surface area (Å²) in [5, 5.41) is 11.5. The lowest BCUT2D eigenvalue weighted by Gasteiger charge is -2.13. The highest BCUT2D eigenvalue weighted by atomic mass is 16.7. The van der Waals surface area contributed by atoms with Gasteiger partial charge in [0.15, 0.2) is 11.5 Å². The third-order valence-electron chi connectivity index (χ3n) is 2.82. The first kappa shape index (κ1) is 13.2. The van der Waals surface area contributed by atoms with E-state index in [1.54, 1.807) is 18.2 Å². The van der Waals surface area contributed by atoms with Crippen molar-refractivity contribution in [2.75, 3.05) is 6.79 Å². The minimum absolute atomic E-state index is 0.133. The number of rotatable bonds is 5. The first-order chi connectivity index (χ1) is 9.11. The summed E-state index contributed by atoms with van der Waals surface area (Å²) in [7, 11) is 0. The second kappa shape index (κ2) is 5.60. The standard InChI is InChI=1S/C13H15NO5/c1-2-3-9(13(16)17)14-12(15)8-4-5-10-11(6-8)19-7-18-10/h4-6,9H,2-3,7H2,1H3,(H,14,15)(H,16,17)/t9-/m1/s1. The van der Waals surface area contributed by atoms with Crippen molar-refractivity contribution >= 4 is 11.9 Å². The van der Waals surface area contributed by atoms with Gasteiger partial charge in [-0.2, -0.15) is 0 Å². The minimum atomic E-state index is -1.03. The first-order valence-electron chi connectivity index (χ1n) is 6.05. The summed E-state index contributed by atoms with van der Waals surface area (Å²) in [6, 6.07) is 3.88. The van der Waals surface area contributed by atoms with E-state index in [-0.39, 0.29) is 6.79 Å². The fourth-order valence-electron chi connectivity index (χ4n) is 1.83. The molecule has 2 N–H and O–H groups in total. The highest BCUT2D eigenvalue weighted by Crippen LogP contribution is 2.32. The Morgan fingerprint density at radius 1 is 1.37 bits per heavy atom. The molecule has 0 aliphatic carbocycles. The summed E-state index contributed by atoms with van der Waals surface area (Å²) in [6.45, 7) is 2.00. The molecule has 1 atom stereocenters. The summed E-state index contributed by atoms with van der Waals surface area (Å²) < 4.78 is 10.3. The van der Waals surface area contributed by atoms with Gasteiger partial charge in [0.1, 0.15) is 6.04 Å². The highest BCUT2D eigenvalue weighted by Gasteiger charge is 2.21. The van der Waals surface area contributed by atoms with Crippen LogP contribution in [0.2, 0.25) is 0 Å². The lowest BCUT2D eigenvalue weighted by atomic mass is 10.1. The number of amides is 1. The maximum Gasteiger partial charge on any atom is 0.326 e. The number of carbonyl (C=O) groups is 2. The van der Waals surface area contributed by atoms with E-state index in [9.17, 15) is 9.59 Å². The van der Waals surface area contributed by atoms with Crippen LogP contribution >= 0.6 is 0 Å². The van der Waals surface area contributed by atoms with Crippen LogP contribution in [0.25, 0.3) is 0 Å². The SMILES string of the molecule is CCC[C@@H](NC(=O)c1ccc2c(c1)OCO2)C(=O)O. The van der Waals surface area contributed by atoms with Crippen LogP contribution in [0.5, 0.6) is 11.5 Å². The Hall–Kier alpha value is -2.24. The van der Waals surface area contributed by atoms with E-state index < -0.39 is 17.9 Å². The van der Waals surface area contributed by atoms with Gasteiger partial charge in [0.05, 0.1) is 0 Å². The topological polar surface area (TPSA) is 84.9 Å². The van der Waals surface area contributed by atoms with E-state index >= 15 is 0 Å². The average Bonchev–Trinajstić information content (AvgIpc) is 2.85. The third kappa shape index (κ3) is 2.96. The molecular weight excluding hydrogens is 250 g/mol. The Labute approximate surface area is 110 Å². The summed E-state index contributed by atoms with van der Waals surface area (Å²) in [5.41, 5.74) is 0.353. The molecule has 1 aromatic carbocycles. The molecule has 102 valence electrons. The van der Waals surface area contributed by atoms with Gasteiger partial charge >= 0.3 is 5.97 Å². The fourth-order valence-corrected chi connectivity index (χ4v) is 1.83. The molecule has 1 aromatic rings. The number of carboxylic acids is 1. The van der Waals surface area contributed by atoms with E-state index in [0.29, 0.717) is 29.9 Å². The van der Waals surface area contributed by atoms with Crippen LogP contribution < -0.4 is 14.8 Å². The molecular formula is C13H15NO5. The Morgan fingerprint density at radius 2 is 2.11 bits per heavy atom. The van der Waals surface area contributed by atoms with Crippen molar-refractivity contribution in [3.05, 3.63) is 23.8 Å². The van der Waals surface area contributed by atoms with Crippen molar-refractivity contribution in [2.45, 2.75) is 25.8 Å². The van der Waals surface area contributed by atoms with Crippen LogP contribution in [-0.2, 0) is 4.79 Å². The average molecular weight is 265 g/mol. The number of hydrogen-bond donors (Lipinski definition) is 2. The van der Waals surface area contributed by atoms with Gasteiger partial charge in [-0.3, -0.25) is 4.79 Å². The van der Waals surface area contributed by atoms with Gasteiger partial charge in [-0.25, -0.2) is 4.79 Å². The zero-order valence-electron chi connectivity index (χ0n) is 10.5. The molecule has 0 radical (unpaired) electrons. The number of aliphatic carboxylic acids is 1. The largest absolute Gasteiger partial charge is 0.480 e. The Bertz CT molecular complexity index is 500. The zero-order chi connectivity index (χ0) is 13.8. The molecule has 6 nitrogen and oxygen atoms in total. The first-order valence-corrected chi connectivity index (χ1v) is 6.05. The third-order valence-corrected chi connectivity index (χ3v) is 2.82. The van der Waals surface area contributed by atoms with Crippen molar-refractivity contribution in [3.63, 3.8) is 0 Å². The number of carbonyl (C=O) groups excluding carboxylic acids is 1. The fraction of sp³-hybridized carbons (Fsp3) is 0.385. The van der Waals surface area contributed by atoms with E-state index in [0.717, 1.165) is 0 Å². The van der Waals surface area contributed by atoms with Crippen molar-refractivity contribution in [3.8, 4) is 11.5 Å². The predicted octanol–water partition coefficient (Wildman–Crippen LogP) is 1.40. The molecule has 0 saturated carbocycles. The molecule has 0 saturated heterocycles. The summed E-state index contributed by atoms with van der Waals surface area (Å²) >= 11 is 0. The second-order valence-corrected chi connectivity index (χ2v) is 4.22. The molecule has 2 rings (SSSR count). The molecule has 1 aliphatic heterocycles. The van der Waals surface area contributed by atoms with E-state index in [1.165, 1.54) is 0 Å². The monoisotopic (exact) mass is 265 g/mol. The second-order valence-electron chi connectivity index (χ2n) is 4.22. The normalized spacial score (nSPS) is 13.9. The number of hydrogen-bond acceptors (Lipinski definition) is 4. The van der Waals surface area contributed by atoms with Crippen LogP contribution in [0.4, 0.5) is 0 Å². The van der Waals surface area contributed by atoms with Crippen molar-refractivity contribution in [1.82, 2.24) is 5.32 Å². The number of benzene rings is 1. The maximum absolute atomic E-state index is 12.0. The highest BCUT2D eigenvalue weighted by molar-refractivity contribution is 5.97. The maximum atomic E-state index is 12.0. The van der Waals surface area contributed by atoms with Gasteiger partial charge in [-0.05, 0) is 24.6 Å². The van der Waals surface area contributed by atoms with Crippen LogP contribution in [0, 0.1) is 0 Å². The zero-order valence-corrected chi connectivity index (χ0v) is 10.5. The van der Waals surface area contributed by atoms with Gasteiger partial charge in [-0.15, -0.1) is 0 Å². The van der Waals surface area contributed by atoms with Crippen LogP contribution in [0.15, 0.2) is 18.2 Å². The lowest BCUT2D eigenvalue weighted by molar-refractivity contribution is -0.139. The quantitative estimate of drug-likeness (QED) is 0.840. The van der Waals surface area contributed by atoms with Gasteiger partial charge in [0.2, 0.25) is 6.79 Å². The van der Waals surface area contributed by atoms with Crippen LogP contribution in [0.3, 0.4) is 0 Å². The van der Waals surface area contributed by atoms with Crippen LogP contribution in [-0.4, -0.2) is 29.8 Å². The molecule has 1 amide bonds. The minimum Gasteiger partial charge on any atom is -0.480 e. The Morgan fingerprint density at radius 3 is 2.79 bits per heavy atom. The van der Waals surface area contributed by atoms with E-state index in [2.05, 4.69) is 5.32 Å². The molecule has 1 aliphatic rings. The van der Waals surface area contributed by atoms with Crippen molar-refractivity contribution < 1.29 is 24.2 Å². The predicted molar refractivity (Wildman–Crippen MR) is 66.4 cm³/mol. The van der Waals surface area contributed by atoms with Crippen molar-refractivity contribution in [2.24, 2.45) is 0 Å². The molecule has 6 heteroatoms. The molecule has 1 heterocycles. The molecule has 0 aromatic heterocycles. The Kier molecular flexibility index (Phi) is 3.89. The molecule has 0 unspecified atom stereocenters. The van der Waals surface area contributed by atoms with Gasteiger partial charge in [0.25, 0.3) is 5.91 Å². The summed E-state index contributed by atoms with van der Waals surface area (Å²) in [5.74, 6) is -0.384. The molecule has 0 bridgehead atoms. The Balaban J connectivity index is 2.09. The van der Waals surface area contributed by atoms with E-state index in [1.807, 2.05) is 6.92 Å². The molecule has 0 fully saturated rings. The number of nitrogens with one attached hydrogen (secondary N) is 1. The summed E-state index contributed by atoms with van der Waals surface area (Å²) in [6.07, 6.45) is 1.07. The number of carboxylic acid groups (broad SMARTS) is 1.